The van der Waals surface area contributed by atoms with Gasteiger partial charge in [0.2, 0.25) is 5.58 Å². The zero-order valence-corrected chi connectivity index (χ0v) is 13.1. The highest BCUT2D eigenvalue weighted by atomic mass is 19.4. The molecule has 0 aliphatic heterocycles. The van der Waals surface area contributed by atoms with Gasteiger partial charge in [0.25, 0.3) is 5.56 Å². The van der Waals surface area contributed by atoms with Gasteiger partial charge < -0.3 is 9.51 Å². The van der Waals surface area contributed by atoms with Crippen molar-refractivity contribution in [2.24, 2.45) is 0 Å². The Morgan fingerprint density at radius 3 is 2.44 bits per heavy atom. The van der Waals surface area contributed by atoms with E-state index in [0.29, 0.717) is 16.8 Å². The van der Waals surface area contributed by atoms with Gasteiger partial charge in [0.1, 0.15) is 17.0 Å². The standard InChI is InChI=1S/C17H14F3N3O2/c18-17(19,20)11-7-5-10(6-8-11)15-21-13-12(9-3-1-2-4-9)23-25-14(13)16(24)22-15/h5-9H,1-4H2,(H,21,22,24). The molecule has 2 aromatic heterocycles. The second kappa shape index (κ2) is 5.72. The van der Waals surface area contributed by atoms with Gasteiger partial charge in [-0.2, -0.15) is 13.2 Å². The first kappa shape index (κ1) is 15.9. The highest BCUT2D eigenvalue weighted by Crippen LogP contribution is 2.36. The van der Waals surface area contributed by atoms with Crippen LogP contribution in [0, 0.1) is 0 Å². The quantitative estimate of drug-likeness (QED) is 0.750. The summed E-state index contributed by atoms with van der Waals surface area (Å²) in [7, 11) is 0. The van der Waals surface area contributed by atoms with Crippen LogP contribution in [0.15, 0.2) is 33.6 Å². The van der Waals surface area contributed by atoms with Gasteiger partial charge in [-0.3, -0.25) is 4.79 Å². The lowest BCUT2D eigenvalue weighted by Gasteiger charge is -2.08. The number of aromatic amines is 1. The van der Waals surface area contributed by atoms with Crippen LogP contribution >= 0.6 is 0 Å². The average molecular weight is 349 g/mol. The van der Waals surface area contributed by atoms with Gasteiger partial charge in [0, 0.05) is 11.5 Å². The second-order valence-corrected chi connectivity index (χ2v) is 6.22. The van der Waals surface area contributed by atoms with Crippen molar-refractivity contribution in [3.8, 4) is 11.4 Å². The maximum absolute atomic E-state index is 12.7. The van der Waals surface area contributed by atoms with E-state index in [1.54, 1.807) is 0 Å². The second-order valence-electron chi connectivity index (χ2n) is 6.22. The lowest BCUT2D eigenvalue weighted by molar-refractivity contribution is -0.137. The Hall–Kier alpha value is -2.64. The molecule has 1 aliphatic carbocycles. The SMILES string of the molecule is O=c1[nH]c(-c2ccc(C(F)(F)F)cc2)nc2c(C3CCCC3)noc12. The van der Waals surface area contributed by atoms with Crippen molar-refractivity contribution < 1.29 is 17.7 Å². The van der Waals surface area contributed by atoms with Crippen molar-refractivity contribution in [3.63, 3.8) is 0 Å². The van der Waals surface area contributed by atoms with Crippen LogP contribution < -0.4 is 5.56 Å². The smallest absolute Gasteiger partial charge is 0.348 e. The Kier molecular flexibility index (Phi) is 3.63. The predicted octanol–water partition coefficient (Wildman–Crippen LogP) is 4.25. The zero-order valence-electron chi connectivity index (χ0n) is 13.1. The number of benzene rings is 1. The van der Waals surface area contributed by atoms with E-state index in [9.17, 15) is 18.0 Å². The molecule has 0 atom stereocenters. The summed E-state index contributed by atoms with van der Waals surface area (Å²) in [5.74, 6) is 0.407. The Labute approximate surface area is 139 Å². The first-order chi connectivity index (χ1) is 11.9. The van der Waals surface area contributed by atoms with Crippen molar-refractivity contribution in [1.29, 1.82) is 0 Å². The molecule has 0 unspecified atom stereocenters. The zero-order chi connectivity index (χ0) is 17.6. The molecule has 0 spiro atoms. The van der Waals surface area contributed by atoms with Gasteiger partial charge in [-0.15, -0.1) is 0 Å². The summed E-state index contributed by atoms with van der Waals surface area (Å²) in [5.41, 5.74) is 0.258. The van der Waals surface area contributed by atoms with Crippen LogP contribution in [-0.2, 0) is 6.18 Å². The number of nitrogens with one attached hydrogen (secondary N) is 1. The number of hydrogen-bond donors (Lipinski definition) is 1. The van der Waals surface area contributed by atoms with Crippen LogP contribution in [0.25, 0.3) is 22.5 Å². The number of H-pyrrole nitrogens is 1. The van der Waals surface area contributed by atoms with Crippen molar-refractivity contribution in [2.45, 2.75) is 37.8 Å². The monoisotopic (exact) mass is 349 g/mol. The van der Waals surface area contributed by atoms with E-state index in [1.165, 1.54) is 12.1 Å². The topological polar surface area (TPSA) is 71.8 Å². The van der Waals surface area contributed by atoms with Crippen molar-refractivity contribution in [2.75, 3.05) is 0 Å². The number of fused-ring (bicyclic) bond motifs is 1. The first-order valence-electron chi connectivity index (χ1n) is 8.01. The summed E-state index contributed by atoms with van der Waals surface area (Å²) < 4.78 is 43.2. The van der Waals surface area contributed by atoms with E-state index in [1.807, 2.05) is 0 Å². The van der Waals surface area contributed by atoms with Crippen LogP contribution in [0.2, 0.25) is 0 Å². The third-order valence-electron chi connectivity index (χ3n) is 4.58. The molecule has 1 aliphatic rings. The highest BCUT2D eigenvalue weighted by molar-refractivity contribution is 5.76. The third-order valence-corrected chi connectivity index (χ3v) is 4.58. The molecule has 0 saturated heterocycles. The van der Waals surface area contributed by atoms with Crippen LogP contribution in [0.5, 0.6) is 0 Å². The van der Waals surface area contributed by atoms with E-state index in [0.717, 1.165) is 37.8 Å². The van der Waals surface area contributed by atoms with Crippen LogP contribution in [0.3, 0.4) is 0 Å². The van der Waals surface area contributed by atoms with E-state index in [2.05, 4.69) is 15.1 Å². The van der Waals surface area contributed by atoms with Gasteiger partial charge in [0.05, 0.1) is 5.56 Å². The fourth-order valence-electron chi connectivity index (χ4n) is 3.28. The molecule has 3 aromatic rings. The van der Waals surface area contributed by atoms with Crippen molar-refractivity contribution in [1.82, 2.24) is 15.1 Å². The van der Waals surface area contributed by atoms with Crippen molar-refractivity contribution in [3.05, 3.63) is 45.9 Å². The molecule has 8 heteroatoms. The molecule has 0 amide bonds. The number of nitrogens with zero attached hydrogens (tertiary/aromatic N) is 2. The van der Waals surface area contributed by atoms with Gasteiger partial charge in [-0.05, 0) is 25.0 Å². The van der Waals surface area contributed by atoms with E-state index >= 15 is 0 Å². The minimum atomic E-state index is -4.41. The van der Waals surface area contributed by atoms with Crippen LogP contribution in [-0.4, -0.2) is 15.1 Å². The molecule has 0 bridgehead atoms. The van der Waals surface area contributed by atoms with Gasteiger partial charge >= 0.3 is 6.18 Å². The summed E-state index contributed by atoms with van der Waals surface area (Å²) in [5, 5.41) is 4.01. The summed E-state index contributed by atoms with van der Waals surface area (Å²) in [4.78, 5) is 19.2. The molecular formula is C17H14F3N3O2. The molecule has 4 rings (SSSR count). The molecule has 130 valence electrons. The van der Waals surface area contributed by atoms with Crippen molar-refractivity contribution >= 4 is 11.1 Å². The number of hydrogen-bond acceptors (Lipinski definition) is 4. The summed E-state index contributed by atoms with van der Waals surface area (Å²) in [6.45, 7) is 0. The van der Waals surface area contributed by atoms with E-state index in [4.69, 9.17) is 4.52 Å². The van der Waals surface area contributed by atoms with Crippen LogP contribution in [0.1, 0.15) is 42.9 Å². The van der Waals surface area contributed by atoms with Crippen LogP contribution in [0.4, 0.5) is 13.2 Å². The maximum Gasteiger partial charge on any atom is 0.416 e. The molecule has 2 heterocycles. The largest absolute Gasteiger partial charge is 0.416 e. The number of rotatable bonds is 2. The fourth-order valence-corrected chi connectivity index (χ4v) is 3.28. The number of aromatic nitrogens is 3. The van der Waals surface area contributed by atoms with E-state index < -0.39 is 17.3 Å². The Morgan fingerprint density at radius 1 is 1.12 bits per heavy atom. The predicted molar refractivity (Wildman–Crippen MR) is 84.1 cm³/mol. The fraction of sp³-hybridized carbons (Fsp3) is 0.353. The third kappa shape index (κ3) is 2.81. The molecule has 25 heavy (non-hydrogen) atoms. The Morgan fingerprint density at radius 2 is 1.80 bits per heavy atom. The lowest BCUT2D eigenvalue weighted by atomic mass is 10.0. The van der Waals surface area contributed by atoms with E-state index in [-0.39, 0.29) is 17.3 Å². The molecule has 1 N–H and O–H groups in total. The minimum Gasteiger partial charge on any atom is -0.348 e. The molecule has 1 saturated carbocycles. The summed E-state index contributed by atoms with van der Waals surface area (Å²) >= 11 is 0. The first-order valence-corrected chi connectivity index (χ1v) is 8.01. The van der Waals surface area contributed by atoms with Gasteiger partial charge in [-0.1, -0.05) is 30.1 Å². The molecular weight excluding hydrogens is 335 g/mol. The number of alkyl halides is 3. The molecule has 1 aromatic carbocycles. The number of halogens is 3. The minimum absolute atomic E-state index is 0.0533. The molecule has 1 fully saturated rings. The highest BCUT2D eigenvalue weighted by Gasteiger charge is 2.30. The maximum atomic E-state index is 12.7. The van der Waals surface area contributed by atoms with Gasteiger partial charge in [-0.25, -0.2) is 4.98 Å². The molecule has 0 radical (unpaired) electrons. The Balaban J connectivity index is 1.80. The molecule has 5 nitrogen and oxygen atoms in total. The average Bonchev–Trinajstić information content (AvgIpc) is 3.23. The Bertz CT molecular complexity index is 967. The normalized spacial score (nSPS) is 16.0. The summed E-state index contributed by atoms with van der Waals surface area (Å²) in [6.07, 6.45) is -0.299. The summed E-state index contributed by atoms with van der Waals surface area (Å²) in [6, 6.07) is 4.50. The van der Waals surface area contributed by atoms with Gasteiger partial charge in [0.15, 0.2) is 0 Å². The lowest BCUT2D eigenvalue weighted by Crippen LogP contribution is -2.09.